The molecule has 6 nitrogen and oxygen atoms in total. The highest BCUT2D eigenvalue weighted by Crippen LogP contribution is 2.29. The van der Waals surface area contributed by atoms with Crippen molar-refractivity contribution < 1.29 is 23.8 Å². The number of aliphatic hydroxyl groups excluding tert-OH is 1. The van der Waals surface area contributed by atoms with E-state index in [0.29, 0.717) is 15.7 Å². The number of hydrogen-bond acceptors (Lipinski definition) is 5. The van der Waals surface area contributed by atoms with Crippen LogP contribution in [-0.4, -0.2) is 48.7 Å². The summed E-state index contributed by atoms with van der Waals surface area (Å²) in [5.41, 5.74) is 1.09. The van der Waals surface area contributed by atoms with Crippen LogP contribution in [0.4, 0.5) is 10.1 Å². The minimum Gasteiger partial charge on any atom is -0.466 e. The van der Waals surface area contributed by atoms with Crippen molar-refractivity contribution in [2.75, 3.05) is 32.1 Å². The molecule has 1 aromatic rings. The highest BCUT2D eigenvalue weighted by atomic mass is 79.9. The second kappa shape index (κ2) is 7.10. The van der Waals surface area contributed by atoms with E-state index in [1.165, 1.54) is 24.1 Å². The van der Waals surface area contributed by atoms with Crippen molar-refractivity contribution in [3.05, 3.63) is 39.3 Å². The third-order valence-corrected chi connectivity index (χ3v) is 4.12. The fourth-order valence-corrected chi connectivity index (χ4v) is 2.65. The van der Waals surface area contributed by atoms with Crippen LogP contribution in [0, 0.1) is 12.7 Å². The largest absolute Gasteiger partial charge is 0.466 e. The van der Waals surface area contributed by atoms with Gasteiger partial charge >= 0.3 is 5.97 Å². The molecule has 2 rings (SSSR count). The van der Waals surface area contributed by atoms with Gasteiger partial charge in [0.1, 0.15) is 11.5 Å². The number of nitrogens with one attached hydrogen (secondary N) is 1. The Morgan fingerprint density at radius 2 is 2.22 bits per heavy atom. The van der Waals surface area contributed by atoms with Crippen LogP contribution in [0.1, 0.15) is 5.56 Å². The Bertz CT molecular complexity index is 690. The lowest BCUT2D eigenvalue weighted by molar-refractivity contribution is -0.136. The molecule has 0 saturated heterocycles. The van der Waals surface area contributed by atoms with E-state index in [1.54, 1.807) is 6.92 Å². The number of amides is 1. The normalized spacial score (nSPS) is 14.5. The molecule has 0 bridgehead atoms. The summed E-state index contributed by atoms with van der Waals surface area (Å²) >= 11 is 3.22. The van der Waals surface area contributed by atoms with Gasteiger partial charge < -0.3 is 20.1 Å². The Labute approximate surface area is 141 Å². The zero-order valence-corrected chi connectivity index (χ0v) is 14.2. The molecular weight excluding hydrogens is 371 g/mol. The molecule has 1 aliphatic heterocycles. The van der Waals surface area contributed by atoms with Gasteiger partial charge in [-0.2, -0.15) is 0 Å². The summed E-state index contributed by atoms with van der Waals surface area (Å²) in [6, 6.07) is 2.81. The lowest BCUT2D eigenvalue weighted by atomic mass is 10.2. The smallest absolute Gasteiger partial charge is 0.337 e. The summed E-state index contributed by atoms with van der Waals surface area (Å²) in [7, 11) is 1.23. The van der Waals surface area contributed by atoms with Crippen molar-refractivity contribution in [2.24, 2.45) is 0 Å². The Morgan fingerprint density at radius 3 is 2.83 bits per heavy atom. The number of methoxy groups -OCH3 is 1. The third kappa shape index (κ3) is 3.53. The van der Waals surface area contributed by atoms with E-state index in [0.717, 1.165) is 0 Å². The van der Waals surface area contributed by atoms with Crippen molar-refractivity contribution in [3.8, 4) is 0 Å². The molecule has 8 heteroatoms. The number of anilines is 1. The van der Waals surface area contributed by atoms with E-state index in [4.69, 9.17) is 9.84 Å². The quantitative estimate of drug-likeness (QED) is 0.750. The number of aliphatic hydroxyl groups is 1. The Hall–Kier alpha value is -1.93. The van der Waals surface area contributed by atoms with Crippen LogP contribution in [0.5, 0.6) is 0 Å². The van der Waals surface area contributed by atoms with Crippen LogP contribution in [0.2, 0.25) is 0 Å². The van der Waals surface area contributed by atoms with E-state index >= 15 is 0 Å². The number of β-amino-alcohol motifs (C(OH)–C–C–N with tert-alkyl or cyclic N) is 1. The minimum absolute atomic E-state index is 0.0478. The van der Waals surface area contributed by atoms with Gasteiger partial charge in [-0.1, -0.05) is 0 Å². The van der Waals surface area contributed by atoms with E-state index in [1.807, 2.05) is 0 Å². The maximum absolute atomic E-state index is 13.5. The molecule has 23 heavy (non-hydrogen) atoms. The fourth-order valence-electron chi connectivity index (χ4n) is 2.24. The predicted molar refractivity (Wildman–Crippen MR) is 85.2 cm³/mol. The first-order valence-corrected chi connectivity index (χ1v) is 7.62. The topological polar surface area (TPSA) is 78.9 Å². The number of rotatable bonds is 5. The molecule has 1 amide bonds. The maximum Gasteiger partial charge on any atom is 0.337 e. The van der Waals surface area contributed by atoms with Gasteiger partial charge in [-0.3, -0.25) is 4.79 Å². The molecule has 0 aliphatic carbocycles. The lowest BCUT2D eigenvalue weighted by Crippen LogP contribution is -2.31. The van der Waals surface area contributed by atoms with Gasteiger partial charge in [-0.05, 0) is 40.5 Å². The Balaban J connectivity index is 2.39. The third-order valence-electron chi connectivity index (χ3n) is 3.46. The SMILES string of the molecule is COC(=O)C1=C(Nc2cc(C)c(F)cc2Br)C(=O)N(CCO)C1. The monoisotopic (exact) mass is 386 g/mol. The summed E-state index contributed by atoms with van der Waals surface area (Å²) < 4.78 is 18.6. The minimum atomic E-state index is -0.628. The molecule has 0 atom stereocenters. The van der Waals surface area contributed by atoms with Crippen molar-refractivity contribution >= 4 is 33.5 Å². The fraction of sp³-hybridized carbons (Fsp3) is 0.333. The molecule has 2 N–H and O–H groups in total. The summed E-state index contributed by atoms with van der Waals surface area (Å²) in [5, 5.41) is 11.9. The van der Waals surface area contributed by atoms with Gasteiger partial charge in [0.05, 0.1) is 31.5 Å². The maximum atomic E-state index is 13.5. The first-order chi connectivity index (χ1) is 10.9. The zero-order chi connectivity index (χ0) is 17.1. The van der Waals surface area contributed by atoms with Crippen molar-refractivity contribution in [3.63, 3.8) is 0 Å². The predicted octanol–water partition coefficient (Wildman–Crippen LogP) is 1.57. The van der Waals surface area contributed by atoms with Crippen LogP contribution >= 0.6 is 15.9 Å². The number of hydrogen-bond donors (Lipinski definition) is 2. The molecule has 0 aromatic heterocycles. The summed E-state index contributed by atoms with van der Waals surface area (Å²) in [5.74, 6) is -1.44. The number of esters is 1. The van der Waals surface area contributed by atoms with Gasteiger partial charge in [0.15, 0.2) is 0 Å². The van der Waals surface area contributed by atoms with E-state index < -0.39 is 11.9 Å². The molecule has 1 aliphatic rings. The van der Waals surface area contributed by atoms with E-state index in [-0.39, 0.29) is 36.8 Å². The van der Waals surface area contributed by atoms with E-state index in [9.17, 15) is 14.0 Å². The number of halogens is 2. The number of ether oxygens (including phenoxy) is 1. The van der Waals surface area contributed by atoms with Crippen molar-refractivity contribution in [2.45, 2.75) is 6.92 Å². The van der Waals surface area contributed by atoms with Gasteiger partial charge in [0.2, 0.25) is 0 Å². The Kier molecular flexibility index (Phi) is 5.38. The highest BCUT2D eigenvalue weighted by molar-refractivity contribution is 9.10. The van der Waals surface area contributed by atoms with Gasteiger partial charge in [0, 0.05) is 11.0 Å². The van der Waals surface area contributed by atoms with Crippen LogP contribution < -0.4 is 5.32 Å². The standard InChI is InChI=1S/C15H16BrFN2O4/c1-8-5-12(10(16)6-11(8)17)18-13-9(15(22)23-2)7-19(3-4-20)14(13)21/h5-6,18,20H,3-4,7H2,1-2H3. The first-order valence-electron chi connectivity index (χ1n) is 6.83. The van der Waals surface area contributed by atoms with Crippen molar-refractivity contribution in [1.82, 2.24) is 4.90 Å². The molecule has 0 spiro atoms. The van der Waals surface area contributed by atoms with Gasteiger partial charge in [0.25, 0.3) is 5.91 Å². The number of benzene rings is 1. The van der Waals surface area contributed by atoms with Crippen LogP contribution in [0.15, 0.2) is 27.9 Å². The van der Waals surface area contributed by atoms with Gasteiger partial charge in [-0.25, -0.2) is 9.18 Å². The number of aryl methyl sites for hydroxylation is 1. The second-order valence-corrected chi connectivity index (χ2v) is 5.86. The number of nitrogens with zero attached hydrogens (tertiary/aromatic N) is 1. The highest BCUT2D eigenvalue weighted by Gasteiger charge is 2.34. The molecule has 1 aromatic carbocycles. The molecule has 124 valence electrons. The summed E-state index contributed by atoms with van der Waals surface area (Å²) in [6.45, 7) is 1.53. The van der Waals surface area contributed by atoms with Crippen LogP contribution in [0.3, 0.4) is 0 Å². The first kappa shape index (κ1) is 17.4. The molecule has 0 fully saturated rings. The van der Waals surface area contributed by atoms with Crippen LogP contribution in [-0.2, 0) is 14.3 Å². The summed E-state index contributed by atoms with van der Waals surface area (Å²) in [4.78, 5) is 25.6. The number of carbonyl (C=O) groups is 2. The molecule has 0 saturated carbocycles. The van der Waals surface area contributed by atoms with E-state index in [2.05, 4.69) is 21.2 Å². The van der Waals surface area contributed by atoms with Gasteiger partial charge in [-0.15, -0.1) is 0 Å². The molecule has 1 heterocycles. The second-order valence-electron chi connectivity index (χ2n) is 5.00. The van der Waals surface area contributed by atoms with Crippen LogP contribution in [0.25, 0.3) is 0 Å². The molecule has 0 unspecified atom stereocenters. The lowest BCUT2D eigenvalue weighted by Gasteiger charge is -2.15. The average molecular weight is 387 g/mol. The Morgan fingerprint density at radius 1 is 1.52 bits per heavy atom. The average Bonchev–Trinajstić information content (AvgIpc) is 2.81. The molecule has 0 radical (unpaired) electrons. The molecular formula is C15H16BrFN2O4. The summed E-state index contributed by atoms with van der Waals surface area (Å²) in [6.07, 6.45) is 0. The number of carbonyl (C=O) groups excluding carboxylic acids is 2. The zero-order valence-electron chi connectivity index (χ0n) is 12.7. The van der Waals surface area contributed by atoms with Crippen molar-refractivity contribution in [1.29, 1.82) is 0 Å².